The van der Waals surface area contributed by atoms with Gasteiger partial charge in [0.25, 0.3) is 0 Å². The molecule has 1 saturated heterocycles. The van der Waals surface area contributed by atoms with Crippen molar-refractivity contribution in [2.24, 2.45) is 0 Å². The Balaban J connectivity index is 1.70. The molecule has 2 aliphatic rings. The van der Waals surface area contributed by atoms with Gasteiger partial charge in [0.05, 0.1) is 11.8 Å². The van der Waals surface area contributed by atoms with Crippen LogP contribution in [0.3, 0.4) is 0 Å². The first-order valence-corrected chi connectivity index (χ1v) is 7.90. The second-order valence-electron chi connectivity index (χ2n) is 5.43. The van der Waals surface area contributed by atoms with Gasteiger partial charge >= 0.3 is 0 Å². The minimum Gasteiger partial charge on any atom is -0.376 e. The number of hydrogen-bond acceptors (Lipinski definition) is 4. The highest BCUT2D eigenvalue weighted by Gasteiger charge is 2.45. The number of nitrogens with one attached hydrogen (secondary N) is 2. The van der Waals surface area contributed by atoms with Crippen LogP contribution in [-0.2, 0) is 14.3 Å². The Morgan fingerprint density at radius 2 is 2.33 bits per heavy atom. The molecule has 3 rings (SSSR count). The molecular weight excluding hydrogens is 288 g/mol. The van der Waals surface area contributed by atoms with E-state index in [1.165, 1.54) is 11.8 Å². The summed E-state index contributed by atoms with van der Waals surface area (Å²) >= 11 is 1.29. The predicted molar refractivity (Wildman–Crippen MR) is 81.3 cm³/mol. The lowest BCUT2D eigenvalue weighted by molar-refractivity contribution is -0.130. The van der Waals surface area contributed by atoms with Crippen molar-refractivity contribution in [2.75, 3.05) is 18.5 Å². The van der Waals surface area contributed by atoms with E-state index in [1.807, 2.05) is 24.3 Å². The van der Waals surface area contributed by atoms with Gasteiger partial charge in [0, 0.05) is 18.0 Å². The normalized spacial score (nSPS) is 27.9. The van der Waals surface area contributed by atoms with Crippen LogP contribution in [0.4, 0.5) is 5.69 Å². The van der Waals surface area contributed by atoms with Crippen molar-refractivity contribution in [3.63, 3.8) is 0 Å². The van der Waals surface area contributed by atoms with Crippen LogP contribution < -0.4 is 10.6 Å². The van der Waals surface area contributed by atoms with E-state index in [0.717, 1.165) is 30.0 Å². The molecule has 0 saturated carbocycles. The zero-order valence-corrected chi connectivity index (χ0v) is 12.7. The number of carbonyl (C=O) groups is 2. The molecule has 21 heavy (non-hydrogen) atoms. The minimum absolute atomic E-state index is 0.0708. The third-order valence-corrected chi connectivity index (χ3v) is 5.19. The molecule has 112 valence electrons. The highest BCUT2D eigenvalue weighted by molar-refractivity contribution is 8.02. The fourth-order valence-corrected chi connectivity index (χ4v) is 3.62. The lowest BCUT2D eigenvalue weighted by Gasteiger charge is -2.32. The molecule has 2 atom stereocenters. The molecule has 0 spiro atoms. The highest BCUT2D eigenvalue weighted by atomic mass is 32.2. The summed E-state index contributed by atoms with van der Waals surface area (Å²) in [5.41, 5.74) is 0.761. The van der Waals surface area contributed by atoms with Crippen molar-refractivity contribution in [3.8, 4) is 0 Å². The number of carbonyl (C=O) groups excluding carboxylic acids is 2. The van der Waals surface area contributed by atoms with Gasteiger partial charge in [-0.3, -0.25) is 9.59 Å². The van der Waals surface area contributed by atoms with Gasteiger partial charge in [-0.2, -0.15) is 0 Å². The lowest BCUT2D eigenvalue weighted by atomic mass is 10.1. The van der Waals surface area contributed by atoms with Gasteiger partial charge in [0.2, 0.25) is 11.8 Å². The van der Waals surface area contributed by atoms with Crippen LogP contribution >= 0.6 is 11.8 Å². The SMILES string of the molecule is C[C@@]1(C(=O)NC[C@H]2CCCO2)Sc2ccccc2NC1=O. The van der Waals surface area contributed by atoms with Crippen molar-refractivity contribution in [1.29, 1.82) is 0 Å². The third-order valence-electron chi connectivity index (χ3n) is 3.83. The Morgan fingerprint density at radius 3 is 3.10 bits per heavy atom. The average Bonchev–Trinajstić information content (AvgIpc) is 2.99. The summed E-state index contributed by atoms with van der Waals surface area (Å²) in [5, 5.41) is 5.66. The molecule has 2 amide bonds. The monoisotopic (exact) mass is 306 g/mol. The van der Waals surface area contributed by atoms with Crippen LogP contribution in [0.2, 0.25) is 0 Å². The molecule has 2 N–H and O–H groups in total. The van der Waals surface area contributed by atoms with Crippen LogP contribution in [0.25, 0.3) is 0 Å². The summed E-state index contributed by atoms with van der Waals surface area (Å²) in [5.74, 6) is -0.550. The predicted octanol–water partition coefficient (Wildman–Crippen LogP) is 1.78. The van der Waals surface area contributed by atoms with E-state index < -0.39 is 4.75 Å². The van der Waals surface area contributed by atoms with Crippen molar-refractivity contribution in [2.45, 2.75) is 35.5 Å². The molecular formula is C15H18N2O3S. The lowest BCUT2D eigenvalue weighted by Crippen LogP contribution is -2.53. The second kappa shape index (κ2) is 5.69. The Kier molecular flexibility index (Phi) is 3.91. The maximum absolute atomic E-state index is 12.4. The molecule has 0 bridgehead atoms. The van der Waals surface area contributed by atoms with E-state index in [2.05, 4.69) is 10.6 Å². The third kappa shape index (κ3) is 2.78. The Morgan fingerprint density at radius 1 is 1.52 bits per heavy atom. The first kappa shape index (κ1) is 14.4. The topological polar surface area (TPSA) is 67.4 Å². The van der Waals surface area contributed by atoms with E-state index in [-0.39, 0.29) is 17.9 Å². The maximum atomic E-state index is 12.4. The smallest absolute Gasteiger partial charge is 0.250 e. The Labute approximate surface area is 127 Å². The Hall–Kier alpha value is -1.53. The molecule has 0 unspecified atom stereocenters. The fraction of sp³-hybridized carbons (Fsp3) is 0.467. The highest BCUT2D eigenvalue weighted by Crippen LogP contribution is 2.42. The Bertz CT molecular complexity index is 572. The molecule has 0 aliphatic carbocycles. The molecule has 1 fully saturated rings. The van der Waals surface area contributed by atoms with Crippen LogP contribution in [0.5, 0.6) is 0 Å². The zero-order valence-electron chi connectivity index (χ0n) is 11.8. The van der Waals surface area contributed by atoms with Crippen LogP contribution in [0.15, 0.2) is 29.2 Å². The van der Waals surface area contributed by atoms with Gasteiger partial charge < -0.3 is 15.4 Å². The maximum Gasteiger partial charge on any atom is 0.250 e. The largest absolute Gasteiger partial charge is 0.376 e. The molecule has 2 heterocycles. The van der Waals surface area contributed by atoms with Crippen molar-refractivity contribution < 1.29 is 14.3 Å². The molecule has 0 aromatic heterocycles. The summed E-state index contributed by atoms with van der Waals surface area (Å²) in [4.78, 5) is 25.6. The second-order valence-corrected chi connectivity index (χ2v) is 6.89. The summed E-state index contributed by atoms with van der Waals surface area (Å²) in [6, 6.07) is 7.50. The number of hydrogen-bond donors (Lipinski definition) is 2. The van der Waals surface area contributed by atoms with Gasteiger partial charge in [-0.05, 0) is 31.9 Å². The number of para-hydroxylation sites is 1. The summed E-state index contributed by atoms with van der Waals surface area (Å²) in [6.07, 6.45) is 2.06. The first-order valence-electron chi connectivity index (χ1n) is 7.09. The molecule has 0 radical (unpaired) electrons. The van der Waals surface area contributed by atoms with Crippen LogP contribution in [-0.4, -0.2) is 35.8 Å². The minimum atomic E-state index is -1.15. The van der Waals surface area contributed by atoms with E-state index in [1.54, 1.807) is 6.92 Å². The van der Waals surface area contributed by atoms with E-state index in [0.29, 0.717) is 6.54 Å². The number of fused-ring (bicyclic) bond motifs is 1. The average molecular weight is 306 g/mol. The molecule has 6 heteroatoms. The quantitative estimate of drug-likeness (QED) is 0.836. The summed E-state index contributed by atoms with van der Waals surface area (Å²) in [7, 11) is 0. The number of thioether (sulfide) groups is 1. The van der Waals surface area contributed by atoms with Crippen molar-refractivity contribution in [3.05, 3.63) is 24.3 Å². The van der Waals surface area contributed by atoms with E-state index >= 15 is 0 Å². The summed E-state index contributed by atoms with van der Waals surface area (Å²) < 4.78 is 4.34. The number of ether oxygens (including phenoxy) is 1. The van der Waals surface area contributed by atoms with Gasteiger partial charge in [0.15, 0.2) is 4.75 Å². The fourth-order valence-electron chi connectivity index (χ4n) is 2.50. The van der Waals surface area contributed by atoms with Crippen molar-refractivity contribution in [1.82, 2.24) is 5.32 Å². The van der Waals surface area contributed by atoms with Gasteiger partial charge in [0.1, 0.15) is 0 Å². The molecule has 5 nitrogen and oxygen atoms in total. The van der Waals surface area contributed by atoms with Crippen LogP contribution in [0, 0.1) is 0 Å². The van der Waals surface area contributed by atoms with Crippen LogP contribution in [0.1, 0.15) is 19.8 Å². The molecule has 2 aliphatic heterocycles. The van der Waals surface area contributed by atoms with E-state index in [4.69, 9.17) is 4.74 Å². The number of amides is 2. The molecule has 1 aromatic rings. The number of anilines is 1. The zero-order chi connectivity index (χ0) is 14.9. The molecule has 1 aromatic carbocycles. The summed E-state index contributed by atoms with van der Waals surface area (Å²) in [6.45, 7) is 2.87. The number of rotatable bonds is 3. The first-order chi connectivity index (χ1) is 10.1. The number of benzene rings is 1. The van der Waals surface area contributed by atoms with Gasteiger partial charge in [-0.1, -0.05) is 23.9 Å². The van der Waals surface area contributed by atoms with Gasteiger partial charge in [-0.15, -0.1) is 0 Å². The van der Waals surface area contributed by atoms with Crippen molar-refractivity contribution >= 4 is 29.3 Å². The standard InChI is InChI=1S/C15H18N2O3S/c1-15(13(18)16-9-10-5-4-8-20-10)14(19)17-11-6-2-3-7-12(11)21-15/h2-3,6-7,10H,4-5,8-9H2,1H3,(H,16,18)(H,17,19)/t10-,15+/m1/s1. The van der Waals surface area contributed by atoms with Gasteiger partial charge in [-0.25, -0.2) is 0 Å². The van der Waals surface area contributed by atoms with E-state index in [9.17, 15) is 9.59 Å².